The first-order valence-corrected chi connectivity index (χ1v) is 13.1. The van der Waals surface area contributed by atoms with Crippen LogP contribution in [-0.2, 0) is 19.2 Å². The zero-order valence-electron chi connectivity index (χ0n) is 18.9. The van der Waals surface area contributed by atoms with Gasteiger partial charge in [0.1, 0.15) is 23.7 Å². The van der Waals surface area contributed by atoms with E-state index in [2.05, 4.69) is 15.5 Å². The molecule has 1 aromatic heterocycles. The van der Waals surface area contributed by atoms with Crippen LogP contribution in [0.5, 0.6) is 0 Å². The Hall–Kier alpha value is -2.64. The van der Waals surface area contributed by atoms with E-state index in [1.54, 1.807) is 12.3 Å². The Kier molecular flexibility index (Phi) is 5.60. The number of nitrogen functional groups attached to an aromatic ring is 1. The molecule has 5 aliphatic rings. The number of aliphatic carboxylic acids is 1. The Balaban J connectivity index is 1.42. The first-order valence-electron chi connectivity index (χ1n) is 11.1. The zero-order chi connectivity index (χ0) is 24.3. The van der Waals surface area contributed by atoms with Crippen LogP contribution in [0.4, 0.5) is 5.13 Å². The Bertz CT molecular complexity index is 1110. The van der Waals surface area contributed by atoms with Crippen molar-refractivity contribution in [3.05, 3.63) is 22.5 Å². The molecule has 4 N–H and O–H groups in total. The normalized spacial score (nSPS) is 32.8. The molecule has 11 nitrogen and oxygen atoms in total. The van der Waals surface area contributed by atoms with Crippen LogP contribution in [-0.4, -0.2) is 86.4 Å². The molecule has 34 heavy (non-hydrogen) atoms. The number of carboxylic acid groups (broad SMARTS) is 1. The van der Waals surface area contributed by atoms with Crippen LogP contribution < -0.4 is 11.1 Å². The maximum Gasteiger partial charge on any atom is 0.358 e. The maximum atomic E-state index is 13.4. The van der Waals surface area contributed by atoms with Gasteiger partial charge in [0.2, 0.25) is 0 Å². The summed E-state index contributed by atoms with van der Waals surface area (Å²) in [4.78, 5) is 49.2. The van der Waals surface area contributed by atoms with Crippen molar-refractivity contribution in [2.45, 2.75) is 37.1 Å². The number of anilines is 1. The van der Waals surface area contributed by atoms with Crippen molar-refractivity contribution in [2.24, 2.45) is 11.1 Å². The molecular weight excluding hydrogens is 480 g/mol. The fourth-order valence-electron chi connectivity index (χ4n) is 5.63. The van der Waals surface area contributed by atoms with Crippen LogP contribution in [0.15, 0.2) is 21.9 Å². The predicted molar refractivity (Wildman–Crippen MR) is 127 cm³/mol. The minimum absolute atomic E-state index is 0.0823. The molecule has 6 rings (SSSR count). The van der Waals surface area contributed by atoms with Gasteiger partial charge in [-0.1, -0.05) is 5.16 Å². The number of piperidine rings is 3. The molecular formula is C21H27N6O5S2+. The van der Waals surface area contributed by atoms with E-state index in [9.17, 15) is 19.5 Å². The Morgan fingerprint density at radius 3 is 2.59 bits per heavy atom. The molecule has 2 bridgehead atoms. The average Bonchev–Trinajstić information content (AvgIpc) is 3.27. The Morgan fingerprint density at radius 2 is 2.03 bits per heavy atom. The van der Waals surface area contributed by atoms with Gasteiger partial charge in [-0.3, -0.25) is 19.0 Å². The second-order valence-corrected chi connectivity index (χ2v) is 11.3. The number of rotatable bonds is 6. The topological polar surface area (TPSA) is 147 Å². The van der Waals surface area contributed by atoms with E-state index in [4.69, 9.17) is 10.6 Å². The molecule has 4 fully saturated rings. The van der Waals surface area contributed by atoms with Gasteiger partial charge in [0.15, 0.2) is 22.2 Å². The molecule has 0 spiro atoms. The summed E-state index contributed by atoms with van der Waals surface area (Å²) in [5.74, 6) is -0.948. The third-order valence-corrected chi connectivity index (χ3v) is 9.60. The highest BCUT2D eigenvalue weighted by atomic mass is 32.2. The summed E-state index contributed by atoms with van der Waals surface area (Å²) in [6.07, 6.45) is 3.28. The third kappa shape index (κ3) is 3.40. The quantitative estimate of drug-likeness (QED) is 0.222. The van der Waals surface area contributed by atoms with Gasteiger partial charge in [0.05, 0.1) is 25.4 Å². The predicted octanol–water partition coefficient (Wildman–Crippen LogP) is 0.793. The van der Waals surface area contributed by atoms with Gasteiger partial charge in [0.25, 0.3) is 11.8 Å². The van der Waals surface area contributed by atoms with Gasteiger partial charge in [-0.2, -0.15) is 0 Å². The second-order valence-electron chi connectivity index (χ2n) is 9.34. The van der Waals surface area contributed by atoms with Crippen molar-refractivity contribution in [3.8, 4) is 0 Å². The van der Waals surface area contributed by atoms with E-state index in [1.165, 1.54) is 23.8 Å². The van der Waals surface area contributed by atoms with Crippen LogP contribution >= 0.6 is 23.1 Å². The summed E-state index contributed by atoms with van der Waals surface area (Å²) in [5, 5.41) is 18.0. The van der Waals surface area contributed by atoms with Crippen molar-refractivity contribution in [1.29, 1.82) is 0 Å². The Labute approximate surface area is 204 Å². The molecule has 1 unspecified atom stereocenters. The van der Waals surface area contributed by atoms with Crippen molar-refractivity contribution in [2.75, 3.05) is 38.2 Å². The molecule has 0 radical (unpaired) electrons. The lowest BCUT2D eigenvalue weighted by Crippen LogP contribution is -2.79. The minimum atomic E-state index is -1.29. The molecule has 2 atom stereocenters. The standard InChI is InChI=1S/C21H26N6O5S2/c1-21(24-16(28)14(25-32-2)12-9-34-20(22)23-12)18(31)26-15(17(29)30)13(10-33-19(21)26)27-6-3-11(4-7-27)5-8-27/h9,11,19H,3-8,10H2,1-2H3,(H3-,22,23,24,28,29,30)/p+1/b25-14-/t11?,19-,21?,27?/m0/s1. The number of nitrogens with one attached hydrogen (secondary N) is 1. The molecule has 0 saturated carbocycles. The van der Waals surface area contributed by atoms with E-state index < -0.39 is 28.7 Å². The van der Waals surface area contributed by atoms with Gasteiger partial charge in [-0.25, -0.2) is 9.78 Å². The lowest BCUT2D eigenvalue weighted by Gasteiger charge is -2.58. The second kappa shape index (κ2) is 8.24. The fourth-order valence-corrected chi connectivity index (χ4v) is 7.75. The highest BCUT2D eigenvalue weighted by molar-refractivity contribution is 8.00. The molecule has 13 heteroatoms. The number of thiazole rings is 1. The van der Waals surface area contributed by atoms with Crippen molar-refractivity contribution in [1.82, 2.24) is 15.2 Å². The number of oxime groups is 1. The van der Waals surface area contributed by atoms with Crippen molar-refractivity contribution in [3.63, 3.8) is 0 Å². The van der Waals surface area contributed by atoms with Crippen LogP contribution in [0.2, 0.25) is 0 Å². The molecule has 2 amide bonds. The number of hydrogen-bond donors (Lipinski definition) is 3. The van der Waals surface area contributed by atoms with E-state index in [1.807, 2.05) is 0 Å². The lowest BCUT2D eigenvalue weighted by molar-refractivity contribution is -0.908. The average molecular weight is 508 g/mol. The number of amides is 2. The molecule has 0 aromatic carbocycles. The summed E-state index contributed by atoms with van der Waals surface area (Å²) >= 11 is 2.65. The molecule has 6 heterocycles. The van der Waals surface area contributed by atoms with Gasteiger partial charge >= 0.3 is 5.97 Å². The number of nitrogens with two attached hydrogens (primary N) is 1. The third-order valence-electron chi connectivity index (χ3n) is 7.49. The highest BCUT2D eigenvalue weighted by Gasteiger charge is 2.65. The summed E-state index contributed by atoms with van der Waals surface area (Å²) in [7, 11) is 1.31. The van der Waals surface area contributed by atoms with E-state index in [-0.39, 0.29) is 22.2 Å². The zero-order valence-corrected chi connectivity index (χ0v) is 20.6. The van der Waals surface area contributed by atoms with E-state index >= 15 is 0 Å². The number of fused-ring (bicyclic) bond motifs is 4. The lowest BCUT2D eigenvalue weighted by atomic mass is 9.84. The first kappa shape index (κ1) is 23.1. The maximum absolute atomic E-state index is 13.4. The largest absolute Gasteiger partial charge is 0.476 e. The number of nitrogens with zero attached hydrogens (tertiary/aromatic N) is 4. The first-order chi connectivity index (χ1) is 16.2. The SMILES string of the molecule is CO/N=C(\C(=O)NC1(C)C(=O)N2C(C(=O)O)=C([N+]34CCC(CC3)CC4)CS[C@H]21)c1csc(N)n1. The summed E-state index contributed by atoms with van der Waals surface area (Å²) in [6.45, 7) is 4.38. The van der Waals surface area contributed by atoms with Crippen LogP contribution in [0.25, 0.3) is 0 Å². The van der Waals surface area contributed by atoms with E-state index in [0.717, 1.165) is 61.8 Å². The number of hydrogen-bond acceptors (Lipinski definition) is 9. The van der Waals surface area contributed by atoms with E-state index in [0.29, 0.717) is 10.2 Å². The van der Waals surface area contributed by atoms with Crippen LogP contribution in [0, 0.1) is 5.92 Å². The smallest absolute Gasteiger partial charge is 0.358 e. The van der Waals surface area contributed by atoms with Crippen molar-refractivity contribution >= 4 is 51.7 Å². The number of aromatic nitrogens is 1. The molecule has 5 aliphatic heterocycles. The molecule has 4 saturated heterocycles. The van der Waals surface area contributed by atoms with Crippen LogP contribution in [0.1, 0.15) is 31.9 Å². The summed E-state index contributed by atoms with van der Waals surface area (Å²) in [6, 6.07) is 0. The number of thioether (sulfide) groups is 1. The number of carbonyl (C=O) groups excluding carboxylic acids is 2. The van der Waals surface area contributed by atoms with Gasteiger partial charge in [-0.05, 0) is 12.8 Å². The molecule has 1 aromatic rings. The summed E-state index contributed by atoms with van der Waals surface area (Å²) < 4.78 is 0.667. The van der Waals surface area contributed by atoms with Crippen LogP contribution in [0.3, 0.4) is 0 Å². The number of quaternary nitrogens is 1. The number of carbonyl (C=O) groups is 3. The number of carboxylic acids is 1. The highest BCUT2D eigenvalue weighted by Crippen LogP contribution is 2.49. The Morgan fingerprint density at radius 1 is 1.35 bits per heavy atom. The van der Waals surface area contributed by atoms with Gasteiger partial charge < -0.3 is 21.0 Å². The fraction of sp³-hybridized carbons (Fsp3) is 0.571. The van der Waals surface area contributed by atoms with Gasteiger partial charge in [0, 0.05) is 24.6 Å². The molecule has 0 aliphatic carbocycles. The monoisotopic (exact) mass is 507 g/mol. The molecule has 182 valence electrons. The summed E-state index contributed by atoms with van der Waals surface area (Å²) in [5.41, 5.74) is 5.44. The van der Waals surface area contributed by atoms with Gasteiger partial charge in [-0.15, -0.1) is 23.1 Å². The minimum Gasteiger partial charge on any atom is -0.476 e. The van der Waals surface area contributed by atoms with Crippen molar-refractivity contribution < 1.29 is 28.8 Å². The number of β-lactam (4-membered cyclic amide) rings is 1.